The Balaban J connectivity index is 1.79. The number of hydrogen-bond acceptors (Lipinski definition) is 4. The normalized spacial score (nSPS) is 20.2. The van der Waals surface area contributed by atoms with Crippen LogP contribution in [0.15, 0.2) is 36.7 Å². The Morgan fingerprint density at radius 1 is 0.944 bits per heavy atom. The molecule has 0 aliphatic carbocycles. The van der Waals surface area contributed by atoms with E-state index in [2.05, 4.69) is 70.4 Å². The predicted octanol–water partition coefficient (Wildman–Crippen LogP) is 1.58. The summed E-state index contributed by atoms with van der Waals surface area (Å²) in [4.78, 5) is 9.21. The van der Waals surface area contributed by atoms with Crippen LogP contribution in [0.25, 0.3) is 0 Å². The largest absolute Gasteiger partial charge is 0.361 e. The van der Waals surface area contributed by atoms with Crippen LogP contribution in [0.2, 0.25) is 0 Å². The Morgan fingerprint density at radius 3 is 2.44 bits per heavy atom. The average molecular weight is 244 g/mol. The second kappa shape index (κ2) is 4.53. The third-order valence-corrected chi connectivity index (χ3v) is 3.57. The van der Waals surface area contributed by atoms with E-state index in [0.717, 1.165) is 26.4 Å². The Hall–Kier alpha value is -1.68. The van der Waals surface area contributed by atoms with E-state index in [4.69, 9.17) is 0 Å². The van der Waals surface area contributed by atoms with E-state index in [9.17, 15) is 0 Å². The lowest BCUT2D eigenvalue weighted by molar-refractivity contribution is 0.421. The minimum atomic E-state index is 0.934. The fourth-order valence-electron chi connectivity index (χ4n) is 2.50. The van der Waals surface area contributed by atoms with Gasteiger partial charge in [-0.05, 0) is 25.2 Å². The number of hydrogen-bond donors (Lipinski definition) is 0. The zero-order valence-electron chi connectivity index (χ0n) is 11.1. The van der Waals surface area contributed by atoms with Crippen LogP contribution in [0.5, 0.6) is 0 Å². The van der Waals surface area contributed by atoms with Gasteiger partial charge in [0.1, 0.15) is 0 Å². The van der Waals surface area contributed by atoms with Crippen LogP contribution in [-0.2, 0) is 0 Å². The molecule has 2 aliphatic heterocycles. The van der Waals surface area contributed by atoms with Crippen LogP contribution < -0.4 is 9.80 Å². The molecule has 18 heavy (non-hydrogen) atoms. The summed E-state index contributed by atoms with van der Waals surface area (Å²) in [6.45, 7) is 4.23. The minimum Gasteiger partial charge on any atom is -0.361 e. The van der Waals surface area contributed by atoms with Crippen molar-refractivity contribution in [2.45, 2.75) is 0 Å². The predicted molar refractivity (Wildman–Crippen MR) is 75.5 cm³/mol. The molecule has 96 valence electrons. The average Bonchev–Trinajstić information content (AvgIpc) is 2.98. The highest BCUT2D eigenvalue weighted by Gasteiger charge is 2.18. The highest BCUT2D eigenvalue weighted by Crippen LogP contribution is 2.25. The van der Waals surface area contributed by atoms with Crippen molar-refractivity contribution in [1.82, 2.24) is 9.80 Å². The monoisotopic (exact) mass is 244 g/mol. The summed E-state index contributed by atoms with van der Waals surface area (Å²) < 4.78 is 0. The first-order chi connectivity index (χ1) is 8.72. The van der Waals surface area contributed by atoms with Gasteiger partial charge in [-0.15, -0.1) is 0 Å². The maximum Gasteiger partial charge on any atom is 0.0938 e. The lowest BCUT2D eigenvalue weighted by Crippen LogP contribution is -2.24. The van der Waals surface area contributed by atoms with Gasteiger partial charge in [0.15, 0.2) is 0 Å². The highest BCUT2D eigenvalue weighted by molar-refractivity contribution is 5.61. The molecule has 0 spiro atoms. The van der Waals surface area contributed by atoms with E-state index in [1.165, 1.54) is 11.4 Å². The second-order valence-corrected chi connectivity index (χ2v) is 5.17. The number of anilines is 2. The molecule has 2 aliphatic rings. The van der Waals surface area contributed by atoms with Gasteiger partial charge in [-0.25, -0.2) is 0 Å². The molecule has 4 nitrogen and oxygen atoms in total. The molecule has 0 amide bonds. The minimum absolute atomic E-state index is 0.934. The molecule has 0 aromatic heterocycles. The molecule has 0 unspecified atom stereocenters. The van der Waals surface area contributed by atoms with Crippen LogP contribution in [0.4, 0.5) is 11.4 Å². The van der Waals surface area contributed by atoms with Crippen LogP contribution in [0, 0.1) is 0 Å². The molecule has 1 aromatic carbocycles. The molecule has 4 heteroatoms. The summed E-state index contributed by atoms with van der Waals surface area (Å²) in [7, 11) is 4.26. The Kier molecular flexibility index (Phi) is 2.88. The molecule has 0 N–H and O–H groups in total. The molecular formula is C14H20N4. The molecule has 0 saturated carbocycles. The van der Waals surface area contributed by atoms with E-state index < -0.39 is 0 Å². The molecule has 0 radical (unpaired) electrons. The van der Waals surface area contributed by atoms with E-state index in [0.29, 0.717) is 0 Å². The zero-order chi connectivity index (χ0) is 12.5. The number of benzene rings is 1. The van der Waals surface area contributed by atoms with Gasteiger partial charge in [0, 0.05) is 43.9 Å². The van der Waals surface area contributed by atoms with Gasteiger partial charge >= 0.3 is 0 Å². The third kappa shape index (κ3) is 2.16. The Morgan fingerprint density at radius 2 is 1.78 bits per heavy atom. The molecule has 1 aromatic rings. The summed E-state index contributed by atoms with van der Waals surface area (Å²) in [5.41, 5.74) is 2.59. The molecule has 0 bridgehead atoms. The summed E-state index contributed by atoms with van der Waals surface area (Å²) in [5, 5.41) is 0. The molecule has 1 fully saturated rings. The van der Waals surface area contributed by atoms with E-state index in [1.807, 2.05) is 0 Å². The van der Waals surface area contributed by atoms with Crippen molar-refractivity contribution in [3.63, 3.8) is 0 Å². The van der Waals surface area contributed by atoms with Gasteiger partial charge in [-0.1, -0.05) is 6.07 Å². The maximum atomic E-state index is 2.42. The second-order valence-electron chi connectivity index (χ2n) is 5.17. The number of nitrogens with zero attached hydrogens (tertiary/aromatic N) is 4. The van der Waals surface area contributed by atoms with Crippen molar-refractivity contribution in [3.8, 4) is 0 Å². The summed E-state index contributed by atoms with van der Waals surface area (Å²) in [6.07, 6.45) is 4.24. The first-order valence-electron chi connectivity index (χ1n) is 6.41. The Labute approximate surface area is 109 Å². The molecular weight excluding hydrogens is 224 g/mol. The van der Waals surface area contributed by atoms with Crippen molar-refractivity contribution in [2.24, 2.45) is 0 Å². The lowest BCUT2D eigenvalue weighted by atomic mass is 10.2. The van der Waals surface area contributed by atoms with Gasteiger partial charge in [0.05, 0.1) is 13.3 Å². The van der Waals surface area contributed by atoms with Gasteiger partial charge in [-0.3, -0.25) is 4.90 Å². The standard InChI is InChI=1S/C14H20N4/c1-15-6-8-17(11-15)13-4-3-5-14(10-13)18-9-7-16(2)12-18/h3-6,8,10H,7,9,11-12H2,1-2H3. The van der Waals surface area contributed by atoms with E-state index in [1.54, 1.807) is 0 Å². The van der Waals surface area contributed by atoms with Crippen LogP contribution >= 0.6 is 0 Å². The van der Waals surface area contributed by atoms with E-state index >= 15 is 0 Å². The highest BCUT2D eigenvalue weighted by atomic mass is 15.4. The van der Waals surface area contributed by atoms with Crippen LogP contribution in [-0.4, -0.2) is 50.3 Å². The molecule has 3 rings (SSSR count). The number of likely N-dealkylation sites (N-methyl/N-ethyl adjacent to an activating group) is 1. The van der Waals surface area contributed by atoms with Gasteiger partial charge < -0.3 is 14.7 Å². The first kappa shape index (κ1) is 11.4. The van der Waals surface area contributed by atoms with Crippen molar-refractivity contribution >= 4 is 11.4 Å². The van der Waals surface area contributed by atoms with Crippen LogP contribution in [0.1, 0.15) is 0 Å². The topological polar surface area (TPSA) is 13.0 Å². The summed E-state index contributed by atoms with van der Waals surface area (Å²) in [5.74, 6) is 0. The van der Waals surface area contributed by atoms with Crippen molar-refractivity contribution in [1.29, 1.82) is 0 Å². The fourth-order valence-corrected chi connectivity index (χ4v) is 2.50. The zero-order valence-corrected chi connectivity index (χ0v) is 11.1. The molecule has 0 atom stereocenters. The van der Waals surface area contributed by atoms with Crippen molar-refractivity contribution < 1.29 is 0 Å². The fraction of sp³-hybridized carbons (Fsp3) is 0.429. The van der Waals surface area contributed by atoms with Crippen molar-refractivity contribution in [2.75, 3.05) is 50.3 Å². The third-order valence-electron chi connectivity index (χ3n) is 3.57. The first-order valence-corrected chi connectivity index (χ1v) is 6.41. The van der Waals surface area contributed by atoms with E-state index in [-0.39, 0.29) is 0 Å². The maximum absolute atomic E-state index is 2.42. The quantitative estimate of drug-likeness (QED) is 0.783. The van der Waals surface area contributed by atoms with Gasteiger partial charge in [0.2, 0.25) is 0 Å². The smallest absolute Gasteiger partial charge is 0.0938 e. The lowest BCUT2D eigenvalue weighted by Gasteiger charge is -2.22. The van der Waals surface area contributed by atoms with Crippen molar-refractivity contribution in [3.05, 3.63) is 36.7 Å². The Bertz CT molecular complexity index is 457. The summed E-state index contributed by atoms with van der Waals surface area (Å²) >= 11 is 0. The van der Waals surface area contributed by atoms with Gasteiger partial charge in [-0.2, -0.15) is 0 Å². The number of rotatable bonds is 2. The SMILES string of the molecule is CN1C=CN(c2cccc(N3CCN(C)C3)c2)C1. The van der Waals surface area contributed by atoms with Gasteiger partial charge in [0.25, 0.3) is 0 Å². The molecule has 1 saturated heterocycles. The molecule has 2 heterocycles. The van der Waals surface area contributed by atoms with Crippen LogP contribution in [0.3, 0.4) is 0 Å². The summed E-state index contributed by atoms with van der Waals surface area (Å²) in [6, 6.07) is 8.80.